The maximum atomic E-state index is 2.49. The molecule has 0 fully saturated rings. The van der Waals surface area contributed by atoms with Gasteiger partial charge in [0.2, 0.25) is 0 Å². The minimum Gasteiger partial charge on any atom is -0.0750 e. The molecule has 1 aromatic carbocycles. The number of unbranched alkanes of at least 4 members (excludes halogenated alkanes) is 5. The van der Waals surface area contributed by atoms with E-state index in [2.05, 4.69) is 45.9 Å². The quantitative estimate of drug-likeness (QED) is 0.241. The van der Waals surface area contributed by atoms with Gasteiger partial charge in [0.15, 0.2) is 0 Å². The largest absolute Gasteiger partial charge is 0.0750 e. The van der Waals surface area contributed by atoms with E-state index in [0.29, 0.717) is 0 Å². The minimum absolute atomic E-state index is 0.0590. The zero-order chi connectivity index (χ0) is 17.6. The summed E-state index contributed by atoms with van der Waals surface area (Å²) in [5.74, 6) is 0. The average molecular weight is 349 g/mol. The minimum atomic E-state index is 0.0590. The molecule has 1 atom stereocenters. The van der Waals surface area contributed by atoms with Crippen molar-refractivity contribution in [1.29, 1.82) is 0 Å². The molecule has 0 aliphatic rings. The monoisotopic (exact) mass is 348 g/mol. The first kappa shape index (κ1) is 21.7. The number of hydrogen-bond donors (Lipinski definition) is 0. The lowest BCUT2D eigenvalue weighted by Crippen LogP contribution is -2.15. The van der Waals surface area contributed by atoms with Gasteiger partial charge in [0.1, 0.15) is 0 Å². The van der Waals surface area contributed by atoms with E-state index in [0.717, 1.165) is 0 Å². The molecule has 1 unspecified atom stereocenters. The Labute approximate surface area is 153 Å². The Morgan fingerprint density at radius 3 is 2.04 bits per heavy atom. The van der Waals surface area contributed by atoms with Gasteiger partial charge in [0, 0.05) is 0 Å². The smallest absolute Gasteiger partial charge is 0.0206 e. The van der Waals surface area contributed by atoms with Crippen LogP contribution in [-0.2, 0) is 12.8 Å². The van der Waals surface area contributed by atoms with Gasteiger partial charge in [0.05, 0.1) is 0 Å². The molecule has 0 amide bonds. The molecule has 0 saturated heterocycles. The molecule has 0 saturated carbocycles. The van der Waals surface area contributed by atoms with Crippen LogP contribution < -0.4 is 5.30 Å². The SMILES string of the molecule is CCCCCCP(CCC)c1cccc(CCCC)c1CCCC. The zero-order valence-corrected chi connectivity index (χ0v) is 17.8. The summed E-state index contributed by atoms with van der Waals surface area (Å²) >= 11 is 0. The average Bonchev–Trinajstić information content (AvgIpc) is 2.61. The maximum Gasteiger partial charge on any atom is -0.0206 e. The highest BCUT2D eigenvalue weighted by molar-refractivity contribution is 7.65. The van der Waals surface area contributed by atoms with Crippen LogP contribution in [0.3, 0.4) is 0 Å². The lowest BCUT2D eigenvalue weighted by atomic mass is 9.98. The highest BCUT2D eigenvalue weighted by Crippen LogP contribution is 2.39. The first-order chi connectivity index (χ1) is 11.8. The lowest BCUT2D eigenvalue weighted by molar-refractivity contribution is 0.704. The third-order valence-corrected chi connectivity index (χ3v) is 7.89. The molecule has 0 aliphatic heterocycles. The van der Waals surface area contributed by atoms with Crippen LogP contribution in [0.1, 0.15) is 96.6 Å². The van der Waals surface area contributed by atoms with E-state index >= 15 is 0 Å². The summed E-state index contributed by atoms with van der Waals surface area (Å²) in [6.07, 6.45) is 17.7. The second kappa shape index (κ2) is 13.9. The zero-order valence-electron chi connectivity index (χ0n) is 16.9. The molecular weight excluding hydrogens is 307 g/mol. The Balaban J connectivity index is 2.96. The van der Waals surface area contributed by atoms with Gasteiger partial charge in [-0.25, -0.2) is 0 Å². The number of hydrogen-bond acceptors (Lipinski definition) is 0. The molecule has 0 bridgehead atoms. The second-order valence-corrected chi connectivity index (χ2v) is 9.63. The summed E-state index contributed by atoms with van der Waals surface area (Å²) in [6.45, 7) is 9.32. The first-order valence-electron chi connectivity index (χ1n) is 10.6. The summed E-state index contributed by atoms with van der Waals surface area (Å²) in [5.41, 5.74) is 3.42. The summed E-state index contributed by atoms with van der Waals surface area (Å²) < 4.78 is 0. The molecule has 138 valence electrons. The highest BCUT2D eigenvalue weighted by atomic mass is 31.1. The molecular formula is C23H41P. The first-order valence-corrected chi connectivity index (χ1v) is 12.3. The van der Waals surface area contributed by atoms with Crippen LogP contribution in [0.5, 0.6) is 0 Å². The van der Waals surface area contributed by atoms with Crippen LogP contribution in [0.25, 0.3) is 0 Å². The van der Waals surface area contributed by atoms with E-state index in [4.69, 9.17) is 0 Å². The molecule has 0 N–H and O–H groups in total. The Morgan fingerprint density at radius 2 is 1.38 bits per heavy atom. The van der Waals surface area contributed by atoms with Crippen molar-refractivity contribution in [2.45, 2.75) is 98.3 Å². The summed E-state index contributed by atoms with van der Waals surface area (Å²) in [5, 5.41) is 1.77. The summed E-state index contributed by atoms with van der Waals surface area (Å²) in [4.78, 5) is 0. The van der Waals surface area contributed by atoms with Crippen LogP contribution in [0.15, 0.2) is 18.2 Å². The van der Waals surface area contributed by atoms with E-state index in [1.165, 1.54) is 83.0 Å². The van der Waals surface area contributed by atoms with Gasteiger partial charge >= 0.3 is 0 Å². The van der Waals surface area contributed by atoms with Crippen molar-refractivity contribution in [3.63, 3.8) is 0 Å². The fourth-order valence-corrected chi connectivity index (χ4v) is 6.30. The van der Waals surface area contributed by atoms with Crippen molar-refractivity contribution in [2.75, 3.05) is 12.3 Å². The molecule has 0 radical (unpaired) electrons. The molecule has 0 aromatic heterocycles. The predicted molar refractivity (Wildman–Crippen MR) is 114 cm³/mol. The summed E-state index contributed by atoms with van der Waals surface area (Å²) in [7, 11) is 0.0590. The molecule has 1 heteroatoms. The Hall–Kier alpha value is -0.350. The van der Waals surface area contributed by atoms with Crippen LogP contribution in [0.4, 0.5) is 0 Å². The highest BCUT2D eigenvalue weighted by Gasteiger charge is 2.16. The summed E-state index contributed by atoms with van der Waals surface area (Å²) in [6, 6.07) is 7.26. The van der Waals surface area contributed by atoms with Crippen molar-refractivity contribution in [1.82, 2.24) is 0 Å². The standard InChI is InChI=1S/C23H41P/c1-5-9-12-13-20-24(19-8-4)23-18-14-16-21(15-10-6-2)22(23)17-11-7-3/h14,16,18H,5-13,15,17,19-20H2,1-4H3. The van der Waals surface area contributed by atoms with E-state index in [9.17, 15) is 0 Å². The Kier molecular flexibility index (Phi) is 12.6. The molecule has 0 spiro atoms. The van der Waals surface area contributed by atoms with Crippen molar-refractivity contribution in [3.05, 3.63) is 29.3 Å². The van der Waals surface area contributed by atoms with E-state index in [-0.39, 0.29) is 7.92 Å². The van der Waals surface area contributed by atoms with Crippen molar-refractivity contribution < 1.29 is 0 Å². The fourth-order valence-electron chi connectivity index (χ4n) is 3.51. The molecule has 1 rings (SSSR count). The van der Waals surface area contributed by atoms with Crippen LogP contribution in [-0.4, -0.2) is 12.3 Å². The molecule has 24 heavy (non-hydrogen) atoms. The maximum absolute atomic E-state index is 2.49. The van der Waals surface area contributed by atoms with Gasteiger partial charge in [-0.1, -0.05) is 92.3 Å². The van der Waals surface area contributed by atoms with E-state index in [1.807, 2.05) is 0 Å². The lowest BCUT2D eigenvalue weighted by Gasteiger charge is -2.23. The van der Waals surface area contributed by atoms with Gasteiger partial charge in [-0.05, 0) is 60.9 Å². The number of aryl methyl sites for hydroxylation is 1. The van der Waals surface area contributed by atoms with Crippen molar-refractivity contribution >= 4 is 13.2 Å². The van der Waals surface area contributed by atoms with Crippen LogP contribution in [0.2, 0.25) is 0 Å². The van der Waals surface area contributed by atoms with E-state index < -0.39 is 0 Å². The van der Waals surface area contributed by atoms with Crippen molar-refractivity contribution in [3.8, 4) is 0 Å². The molecule has 0 heterocycles. The molecule has 0 nitrogen and oxygen atoms in total. The molecule has 0 aliphatic carbocycles. The third kappa shape index (κ3) is 7.69. The van der Waals surface area contributed by atoms with Gasteiger partial charge in [-0.15, -0.1) is 0 Å². The number of benzene rings is 1. The van der Waals surface area contributed by atoms with E-state index in [1.54, 1.807) is 16.4 Å². The topological polar surface area (TPSA) is 0 Å². The van der Waals surface area contributed by atoms with Gasteiger partial charge in [-0.3, -0.25) is 0 Å². The second-order valence-electron chi connectivity index (χ2n) is 7.17. The van der Waals surface area contributed by atoms with Crippen LogP contribution in [0, 0.1) is 0 Å². The van der Waals surface area contributed by atoms with Gasteiger partial charge in [-0.2, -0.15) is 0 Å². The predicted octanol–water partition coefficient (Wildman–Crippen LogP) is 7.47. The Bertz CT molecular complexity index is 424. The third-order valence-electron chi connectivity index (χ3n) is 4.94. The molecule has 1 aromatic rings. The van der Waals surface area contributed by atoms with Crippen LogP contribution >= 0.6 is 7.92 Å². The van der Waals surface area contributed by atoms with Gasteiger partial charge < -0.3 is 0 Å². The fraction of sp³-hybridized carbons (Fsp3) is 0.739. The Morgan fingerprint density at radius 1 is 0.667 bits per heavy atom. The number of rotatable bonds is 14. The normalized spacial score (nSPS) is 12.5. The van der Waals surface area contributed by atoms with Gasteiger partial charge in [0.25, 0.3) is 0 Å². The van der Waals surface area contributed by atoms with Crippen molar-refractivity contribution in [2.24, 2.45) is 0 Å².